The minimum Gasteiger partial charge on any atom is -0.480 e. The largest absolute Gasteiger partial charge is 0.480 e. The molecule has 1 atom stereocenters. The van der Waals surface area contributed by atoms with Gasteiger partial charge >= 0.3 is 18.2 Å². The summed E-state index contributed by atoms with van der Waals surface area (Å²) in [6, 6.07) is 2.03. The van der Waals surface area contributed by atoms with Crippen molar-refractivity contribution in [3.8, 4) is 0 Å². The summed E-state index contributed by atoms with van der Waals surface area (Å²) >= 11 is 0. The van der Waals surface area contributed by atoms with E-state index in [-0.39, 0.29) is 12.2 Å². The molecule has 2 N–H and O–H groups in total. The number of ether oxygens (including phenoxy) is 2. The molecule has 0 spiro atoms. The molecule has 0 aliphatic carbocycles. The van der Waals surface area contributed by atoms with Crippen LogP contribution in [-0.4, -0.2) is 57.4 Å². The molecule has 0 aliphatic heterocycles. The first-order chi connectivity index (χ1) is 12.7. The van der Waals surface area contributed by atoms with Crippen molar-refractivity contribution in [3.05, 3.63) is 23.9 Å². The fourth-order valence-corrected chi connectivity index (χ4v) is 2.10. The number of aliphatic carboxylic acids is 1. The fourth-order valence-electron chi connectivity index (χ4n) is 2.10. The molecule has 1 aromatic rings. The molecule has 0 saturated heterocycles. The standard InChI is InChI=1S/C19H29N3O6/c1-18(2,3)27-16(25)21-14-9-8-12(11-20-14)10-13(15(23)24)22(7)17(26)28-19(4,5)6/h8-9,11,13H,10H2,1-7H3,(H,23,24)(H,20,21,25)/t13-/m0/s1. The summed E-state index contributed by atoms with van der Waals surface area (Å²) in [7, 11) is 1.37. The van der Waals surface area contributed by atoms with Gasteiger partial charge in [0.1, 0.15) is 23.1 Å². The zero-order valence-electron chi connectivity index (χ0n) is 17.4. The van der Waals surface area contributed by atoms with Crippen LogP contribution in [0.25, 0.3) is 0 Å². The third kappa shape index (κ3) is 8.24. The third-order valence-electron chi connectivity index (χ3n) is 3.32. The average molecular weight is 395 g/mol. The lowest BCUT2D eigenvalue weighted by atomic mass is 10.1. The highest BCUT2D eigenvalue weighted by Gasteiger charge is 2.30. The van der Waals surface area contributed by atoms with Gasteiger partial charge in [-0.1, -0.05) is 6.07 Å². The molecule has 9 nitrogen and oxygen atoms in total. The number of pyridine rings is 1. The molecule has 1 heterocycles. The van der Waals surface area contributed by atoms with Gasteiger partial charge in [-0.2, -0.15) is 0 Å². The van der Waals surface area contributed by atoms with Crippen LogP contribution in [0.4, 0.5) is 15.4 Å². The lowest BCUT2D eigenvalue weighted by molar-refractivity contribution is -0.142. The van der Waals surface area contributed by atoms with Gasteiger partial charge in [0.2, 0.25) is 0 Å². The molecule has 28 heavy (non-hydrogen) atoms. The topological polar surface area (TPSA) is 118 Å². The number of hydrogen-bond acceptors (Lipinski definition) is 6. The maximum absolute atomic E-state index is 12.1. The van der Waals surface area contributed by atoms with Crippen LogP contribution >= 0.6 is 0 Å². The van der Waals surface area contributed by atoms with Crippen LogP contribution < -0.4 is 5.32 Å². The summed E-state index contributed by atoms with van der Waals surface area (Å²) in [6.07, 6.45) is 0.105. The number of carboxylic acid groups (broad SMARTS) is 1. The highest BCUT2D eigenvalue weighted by Crippen LogP contribution is 2.15. The van der Waals surface area contributed by atoms with Crippen LogP contribution in [0.3, 0.4) is 0 Å². The van der Waals surface area contributed by atoms with Crippen molar-refractivity contribution in [1.29, 1.82) is 0 Å². The zero-order chi connectivity index (χ0) is 21.7. The monoisotopic (exact) mass is 395 g/mol. The minimum atomic E-state index is -1.16. The molecule has 2 amide bonds. The lowest BCUT2D eigenvalue weighted by Crippen LogP contribution is -2.46. The minimum absolute atomic E-state index is 0.0325. The van der Waals surface area contributed by atoms with Crippen LogP contribution in [-0.2, 0) is 20.7 Å². The summed E-state index contributed by atoms with van der Waals surface area (Å²) < 4.78 is 10.4. The molecule has 156 valence electrons. The molecule has 0 aromatic carbocycles. The average Bonchev–Trinajstić information content (AvgIpc) is 2.49. The summed E-state index contributed by atoms with van der Waals surface area (Å²) in [4.78, 5) is 40.6. The fraction of sp³-hybridized carbons (Fsp3) is 0.579. The smallest absolute Gasteiger partial charge is 0.413 e. The summed E-state index contributed by atoms with van der Waals surface area (Å²) in [6.45, 7) is 10.3. The molecule has 0 aliphatic rings. The van der Waals surface area contributed by atoms with Crippen molar-refractivity contribution >= 4 is 24.0 Å². The van der Waals surface area contributed by atoms with Gasteiger partial charge in [-0.15, -0.1) is 0 Å². The number of rotatable bonds is 5. The van der Waals surface area contributed by atoms with Gasteiger partial charge in [-0.05, 0) is 53.2 Å². The molecule has 0 radical (unpaired) electrons. The zero-order valence-corrected chi connectivity index (χ0v) is 17.4. The summed E-state index contributed by atoms with van der Waals surface area (Å²) in [5, 5.41) is 12.0. The lowest BCUT2D eigenvalue weighted by Gasteiger charge is -2.28. The molecule has 0 saturated carbocycles. The Morgan fingerprint density at radius 2 is 1.68 bits per heavy atom. The number of nitrogens with zero attached hydrogens (tertiary/aromatic N) is 2. The van der Waals surface area contributed by atoms with Crippen molar-refractivity contribution in [2.45, 2.75) is 65.2 Å². The maximum Gasteiger partial charge on any atom is 0.413 e. The predicted octanol–water partition coefficient (Wildman–Crippen LogP) is 3.29. The first-order valence-electron chi connectivity index (χ1n) is 8.81. The normalized spacial score (nSPS) is 12.7. The van der Waals surface area contributed by atoms with Gasteiger partial charge in [0.25, 0.3) is 0 Å². The maximum atomic E-state index is 12.1. The Labute approximate surface area is 165 Å². The highest BCUT2D eigenvalue weighted by atomic mass is 16.6. The Balaban J connectivity index is 2.80. The molecule has 0 fully saturated rings. The Hall–Kier alpha value is -2.84. The van der Waals surface area contributed by atoms with Gasteiger partial charge in [0, 0.05) is 19.7 Å². The van der Waals surface area contributed by atoms with Gasteiger partial charge in [0.15, 0.2) is 0 Å². The summed E-state index contributed by atoms with van der Waals surface area (Å²) in [5.74, 6) is -0.894. The van der Waals surface area contributed by atoms with Gasteiger partial charge in [0.05, 0.1) is 0 Å². The molecule has 1 rings (SSSR count). The Bertz CT molecular complexity index is 704. The van der Waals surface area contributed by atoms with Crippen LogP contribution in [0, 0.1) is 0 Å². The second-order valence-electron chi connectivity index (χ2n) is 8.33. The highest BCUT2D eigenvalue weighted by molar-refractivity contribution is 5.83. The second kappa shape index (κ2) is 8.90. The summed E-state index contributed by atoms with van der Waals surface area (Å²) in [5.41, 5.74) is -0.784. The number of carbonyl (C=O) groups is 3. The first kappa shape index (κ1) is 23.2. The Morgan fingerprint density at radius 3 is 2.11 bits per heavy atom. The van der Waals surface area contributed by atoms with Gasteiger partial charge in [-0.3, -0.25) is 10.2 Å². The van der Waals surface area contributed by atoms with E-state index in [0.29, 0.717) is 5.56 Å². The van der Waals surface area contributed by atoms with Crippen LogP contribution in [0.15, 0.2) is 18.3 Å². The van der Waals surface area contributed by atoms with Crippen molar-refractivity contribution in [1.82, 2.24) is 9.88 Å². The van der Waals surface area contributed by atoms with E-state index in [1.54, 1.807) is 47.6 Å². The van der Waals surface area contributed by atoms with E-state index in [0.717, 1.165) is 4.90 Å². The molecule has 1 aromatic heterocycles. The van der Waals surface area contributed by atoms with Crippen molar-refractivity contribution in [2.75, 3.05) is 12.4 Å². The van der Waals surface area contributed by atoms with Gasteiger partial charge in [-0.25, -0.2) is 19.4 Å². The first-order valence-corrected chi connectivity index (χ1v) is 8.81. The molecular formula is C19H29N3O6. The molecule has 0 unspecified atom stereocenters. The van der Waals surface area contributed by atoms with Gasteiger partial charge < -0.3 is 14.6 Å². The molecule has 9 heteroatoms. The number of aromatic nitrogens is 1. The SMILES string of the molecule is CN(C(=O)OC(C)(C)C)[C@@H](Cc1ccc(NC(=O)OC(C)(C)C)nc1)C(=O)O. The van der Waals surface area contributed by atoms with Crippen molar-refractivity contribution < 1.29 is 29.0 Å². The molecule has 0 bridgehead atoms. The Morgan fingerprint density at radius 1 is 1.11 bits per heavy atom. The van der Waals surface area contributed by atoms with E-state index in [2.05, 4.69) is 10.3 Å². The number of carboxylic acids is 1. The van der Waals surface area contributed by atoms with E-state index in [1.807, 2.05) is 0 Å². The van der Waals surface area contributed by atoms with Crippen molar-refractivity contribution in [2.24, 2.45) is 0 Å². The van der Waals surface area contributed by atoms with Crippen LogP contribution in [0.5, 0.6) is 0 Å². The van der Waals surface area contributed by atoms with E-state index in [9.17, 15) is 19.5 Å². The predicted molar refractivity (Wildman–Crippen MR) is 103 cm³/mol. The Kier molecular flexibility index (Phi) is 7.37. The number of hydrogen-bond donors (Lipinski definition) is 2. The quantitative estimate of drug-likeness (QED) is 0.785. The van der Waals surface area contributed by atoms with E-state index in [4.69, 9.17) is 9.47 Å². The number of likely N-dealkylation sites (N-methyl/N-ethyl adjacent to an activating group) is 1. The number of carbonyl (C=O) groups excluding carboxylic acids is 2. The number of anilines is 1. The van der Waals surface area contributed by atoms with Crippen LogP contribution in [0.2, 0.25) is 0 Å². The van der Waals surface area contributed by atoms with E-state index >= 15 is 0 Å². The number of nitrogens with one attached hydrogen (secondary N) is 1. The van der Waals surface area contributed by atoms with Crippen LogP contribution in [0.1, 0.15) is 47.1 Å². The molecular weight excluding hydrogens is 366 g/mol. The van der Waals surface area contributed by atoms with E-state index < -0.39 is 35.4 Å². The van der Waals surface area contributed by atoms with E-state index in [1.165, 1.54) is 19.3 Å². The number of amides is 2. The van der Waals surface area contributed by atoms with Crippen molar-refractivity contribution in [3.63, 3.8) is 0 Å². The third-order valence-corrected chi connectivity index (χ3v) is 3.32. The second-order valence-corrected chi connectivity index (χ2v) is 8.33.